The van der Waals surface area contributed by atoms with Crippen LogP contribution in [0.4, 0.5) is 5.82 Å². The maximum absolute atomic E-state index is 10.3. The molecule has 0 radical (unpaired) electrons. The van der Waals surface area contributed by atoms with E-state index in [-0.39, 0.29) is 12.6 Å². The number of likely N-dealkylation sites (N-methyl/N-ethyl adjacent to an activating group) is 2. The van der Waals surface area contributed by atoms with E-state index in [4.69, 9.17) is 9.97 Å². The number of fused-ring (bicyclic) bond motifs is 2. The van der Waals surface area contributed by atoms with Crippen LogP contribution in [0.3, 0.4) is 0 Å². The van der Waals surface area contributed by atoms with Crippen molar-refractivity contribution >= 4 is 11.5 Å². The lowest BCUT2D eigenvalue weighted by atomic mass is 9.91. The van der Waals surface area contributed by atoms with E-state index in [1.165, 1.54) is 17.7 Å². The Bertz CT molecular complexity index is 1030. The van der Waals surface area contributed by atoms with Gasteiger partial charge in [-0.1, -0.05) is 12.1 Å². The predicted octanol–water partition coefficient (Wildman–Crippen LogP) is 2.73. The molecule has 7 nitrogen and oxygen atoms in total. The van der Waals surface area contributed by atoms with Gasteiger partial charge in [0.25, 0.3) is 0 Å². The molecule has 0 spiro atoms. The molecule has 1 N–H and O–H groups in total. The second-order valence-corrected chi connectivity index (χ2v) is 8.84. The van der Waals surface area contributed by atoms with Gasteiger partial charge < -0.3 is 14.9 Å². The van der Waals surface area contributed by atoms with Crippen molar-refractivity contribution in [2.45, 2.75) is 38.5 Å². The molecule has 0 unspecified atom stereocenters. The second kappa shape index (κ2) is 9.34. The minimum absolute atomic E-state index is 0.0393. The molecule has 0 saturated heterocycles. The number of aliphatic hydroxyl groups is 1. The molecule has 3 heterocycles. The predicted molar refractivity (Wildman–Crippen MR) is 124 cm³/mol. The molecule has 0 aromatic carbocycles. The SMILES string of the molecule is CN(C)CCN(C)c1cccc2nc(CN(C)[C@H]3CCCc4cccnc43)c(CO)n12. The minimum Gasteiger partial charge on any atom is -0.390 e. The van der Waals surface area contributed by atoms with E-state index in [2.05, 4.69) is 59.4 Å². The van der Waals surface area contributed by atoms with Gasteiger partial charge in [-0.05, 0) is 64.2 Å². The highest BCUT2D eigenvalue weighted by molar-refractivity contribution is 5.54. The van der Waals surface area contributed by atoms with Crippen molar-refractivity contribution < 1.29 is 5.11 Å². The molecule has 4 rings (SSSR count). The molecule has 0 amide bonds. The van der Waals surface area contributed by atoms with Crippen LogP contribution < -0.4 is 4.90 Å². The largest absolute Gasteiger partial charge is 0.390 e. The van der Waals surface area contributed by atoms with Crippen LogP contribution in [-0.2, 0) is 19.6 Å². The number of imidazole rings is 1. The fourth-order valence-corrected chi connectivity index (χ4v) is 4.59. The van der Waals surface area contributed by atoms with Crippen LogP contribution in [0.5, 0.6) is 0 Å². The smallest absolute Gasteiger partial charge is 0.138 e. The van der Waals surface area contributed by atoms with Gasteiger partial charge in [0.2, 0.25) is 0 Å². The Hall–Kier alpha value is -2.48. The highest BCUT2D eigenvalue weighted by Crippen LogP contribution is 2.33. The molecule has 1 atom stereocenters. The van der Waals surface area contributed by atoms with Crippen molar-refractivity contribution in [3.8, 4) is 0 Å². The first-order valence-electron chi connectivity index (χ1n) is 11.1. The van der Waals surface area contributed by atoms with E-state index in [9.17, 15) is 5.11 Å². The lowest BCUT2D eigenvalue weighted by Crippen LogP contribution is -2.30. The van der Waals surface area contributed by atoms with E-state index in [1.54, 1.807) is 0 Å². The Morgan fingerprint density at radius 2 is 1.94 bits per heavy atom. The van der Waals surface area contributed by atoms with E-state index in [0.717, 1.165) is 48.8 Å². The van der Waals surface area contributed by atoms with E-state index < -0.39 is 0 Å². The Morgan fingerprint density at radius 1 is 1.10 bits per heavy atom. The molecule has 166 valence electrons. The second-order valence-electron chi connectivity index (χ2n) is 8.84. The monoisotopic (exact) mass is 422 g/mol. The summed E-state index contributed by atoms with van der Waals surface area (Å²) >= 11 is 0. The first-order chi connectivity index (χ1) is 15.0. The zero-order valence-electron chi connectivity index (χ0n) is 19.1. The average Bonchev–Trinajstić information content (AvgIpc) is 3.13. The number of aromatic nitrogens is 3. The fourth-order valence-electron chi connectivity index (χ4n) is 4.59. The number of aryl methyl sites for hydroxylation is 1. The first-order valence-corrected chi connectivity index (χ1v) is 11.1. The van der Waals surface area contributed by atoms with Gasteiger partial charge in [0.1, 0.15) is 11.5 Å². The van der Waals surface area contributed by atoms with Crippen LogP contribution in [0, 0.1) is 0 Å². The zero-order valence-corrected chi connectivity index (χ0v) is 19.1. The van der Waals surface area contributed by atoms with E-state index >= 15 is 0 Å². The van der Waals surface area contributed by atoms with Gasteiger partial charge in [0, 0.05) is 32.9 Å². The number of hydrogen-bond donors (Lipinski definition) is 1. The van der Waals surface area contributed by atoms with E-state index in [0.29, 0.717) is 6.54 Å². The molecule has 0 saturated carbocycles. The molecule has 3 aromatic heterocycles. The minimum atomic E-state index is -0.0393. The van der Waals surface area contributed by atoms with Gasteiger partial charge in [0.15, 0.2) is 0 Å². The summed E-state index contributed by atoms with van der Waals surface area (Å²) in [6.07, 6.45) is 5.27. The van der Waals surface area contributed by atoms with E-state index in [1.807, 2.05) is 24.4 Å². The van der Waals surface area contributed by atoms with Crippen LogP contribution in [0.2, 0.25) is 0 Å². The maximum Gasteiger partial charge on any atom is 0.138 e. The molecule has 3 aromatic rings. The molecule has 0 aliphatic heterocycles. The topological polar surface area (TPSA) is 60.1 Å². The van der Waals surface area contributed by atoms with Gasteiger partial charge in [-0.15, -0.1) is 0 Å². The number of hydrogen-bond acceptors (Lipinski definition) is 6. The lowest BCUT2D eigenvalue weighted by Gasteiger charge is -2.32. The molecule has 1 aliphatic rings. The third kappa shape index (κ3) is 4.44. The number of anilines is 1. The van der Waals surface area contributed by atoms with Gasteiger partial charge in [-0.3, -0.25) is 14.3 Å². The number of pyridine rings is 2. The molecule has 0 fully saturated rings. The van der Waals surface area contributed by atoms with Crippen molar-refractivity contribution in [2.75, 3.05) is 46.2 Å². The molecule has 0 bridgehead atoms. The summed E-state index contributed by atoms with van der Waals surface area (Å²) in [6.45, 7) is 2.50. The normalized spacial score (nSPS) is 16.3. The summed E-state index contributed by atoms with van der Waals surface area (Å²) in [7, 11) is 8.40. The van der Waals surface area contributed by atoms with Crippen LogP contribution >= 0.6 is 0 Å². The van der Waals surface area contributed by atoms with Gasteiger partial charge in [-0.25, -0.2) is 4.98 Å². The lowest BCUT2D eigenvalue weighted by molar-refractivity contribution is 0.203. The van der Waals surface area contributed by atoms with Gasteiger partial charge in [0.05, 0.1) is 29.7 Å². The molecule has 1 aliphatic carbocycles. The summed E-state index contributed by atoms with van der Waals surface area (Å²) in [5.74, 6) is 1.05. The zero-order chi connectivity index (χ0) is 22.0. The Kier molecular flexibility index (Phi) is 6.55. The van der Waals surface area contributed by atoms with Crippen molar-refractivity contribution in [3.63, 3.8) is 0 Å². The summed E-state index contributed by atoms with van der Waals surface area (Å²) in [6, 6.07) is 10.7. The van der Waals surface area contributed by atoms with Crippen molar-refractivity contribution in [3.05, 3.63) is 59.2 Å². The van der Waals surface area contributed by atoms with Crippen LogP contribution in [-0.4, -0.2) is 70.6 Å². The number of rotatable bonds is 8. The standard InChI is InChI=1S/C24H34N6O/c1-27(2)14-15-28(3)23-12-6-11-22-26-19(21(17-31)30(22)23)16-29(4)20-10-5-8-18-9-7-13-25-24(18)20/h6-7,9,11-13,20,31H,5,8,10,14-17H2,1-4H3/t20-/m0/s1. The highest BCUT2D eigenvalue weighted by atomic mass is 16.3. The van der Waals surface area contributed by atoms with Gasteiger partial charge >= 0.3 is 0 Å². The fraction of sp³-hybridized carbons (Fsp3) is 0.500. The maximum atomic E-state index is 10.3. The Balaban J connectivity index is 1.64. The summed E-state index contributed by atoms with van der Waals surface area (Å²) < 4.78 is 2.10. The summed E-state index contributed by atoms with van der Waals surface area (Å²) in [5, 5.41) is 10.3. The molecule has 7 heteroatoms. The highest BCUT2D eigenvalue weighted by Gasteiger charge is 2.26. The average molecular weight is 423 g/mol. The Labute approximate surface area is 184 Å². The van der Waals surface area contributed by atoms with Crippen molar-refractivity contribution in [1.82, 2.24) is 24.2 Å². The van der Waals surface area contributed by atoms with Crippen LogP contribution in [0.1, 0.15) is 41.5 Å². The quantitative estimate of drug-likeness (QED) is 0.602. The van der Waals surface area contributed by atoms with Crippen LogP contribution in [0.25, 0.3) is 5.65 Å². The number of nitrogens with zero attached hydrogens (tertiary/aromatic N) is 6. The number of aliphatic hydroxyl groups excluding tert-OH is 1. The molecule has 31 heavy (non-hydrogen) atoms. The van der Waals surface area contributed by atoms with Crippen molar-refractivity contribution in [2.24, 2.45) is 0 Å². The van der Waals surface area contributed by atoms with Crippen molar-refractivity contribution in [1.29, 1.82) is 0 Å². The molecular formula is C24H34N6O. The first kappa shape index (κ1) is 21.7. The van der Waals surface area contributed by atoms with Gasteiger partial charge in [-0.2, -0.15) is 0 Å². The van der Waals surface area contributed by atoms with Crippen LogP contribution in [0.15, 0.2) is 36.5 Å². The Morgan fingerprint density at radius 3 is 2.71 bits per heavy atom. The third-order valence-corrected chi connectivity index (χ3v) is 6.32. The summed E-state index contributed by atoms with van der Waals surface area (Å²) in [5.41, 5.74) is 5.22. The molecular weight excluding hydrogens is 388 g/mol. The third-order valence-electron chi connectivity index (χ3n) is 6.32. The summed E-state index contributed by atoms with van der Waals surface area (Å²) in [4.78, 5) is 16.3.